The van der Waals surface area contributed by atoms with E-state index < -0.39 is 28.5 Å². The molecule has 0 radical (unpaired) electrons. The minimum absolute atomic E-state index is 0.0257. The summed E-state index contributed by atoms with van der Waals surface area (Å²) in [6.45, 7) is 5.96. The quantitative estimate of drug-likeness (QED) is 0.337. The number of anilines is 1. The number of sulfonamides is 1. The van der Waals surface area contributed by atoms with E-state index in [0.717, 1.165) is 21.9 Å². The maximum Gasteiger partial charge on any atom is 0.264 e. The molecule has 0 aliphatic carbocycles. The molecule has 0 heterocycles. The minimum Gasteiger partial charge on any atom is -0.497 e. The van der Waals surface area contributed by atoms with E-state index in [0.29, 0.717) is 24.4 Å². The van der Waals surface area contributed by atoms with Gasteiger partial charge in [-0.05, 0) is 61.7 Å². The first-order valence-electron chi connectivity index (χ1n) is 13.1. The maximum atomic E-state index is 14.0. The van der Waals surface area contributed by atoms with Gasteiger partial charge in [0.25, 0.3) is 10.0 Å². The molecule has 0 aliphatic rings. The highest BCUT2D eigenvalue weighted by molar-refractivity contribution is 7.92. The van der Waals surface area contributed by atoms with E-state index >= 15 is 0 Å². The molecule has 0 saturated heterocycles. The lowest BCUT2D eigenvalue weighted by molar-refractivity contribution is -0.140. The first-order valence-corrected chi connectivity index (χ1v) is 14.5. The molecular weight excluding hydrogens is 514 g/mol. The zero-order chi connectivity index (χ0) is 28.4. The van der Waals surface area contributed by atoms with E-state index in [1.807, 2.05) is 45.0 Å². The Morgan fingerprint density at radius 3 is 2.13 bits per heavy atom. The molecule has 39 heavy (non-hydrogen) atoms. The Morgan fingerprint density at radius 2 is 1.56 bits per heavy atom. The Hall–Kier alpha value is -3.85. The predicted octanol–water partition coefficient (Wildman–Crippen LogP) is 4.53. The SMILES string of the molecule is CCCNC(=O)[C@H](CC)N(Cc1ccc(C)cc1)C(=O)CN(c1ccccc1)S(=O)(=O)c1ccc(OC)cc1. The minimum atomic E-state index is -4.12. The van der Waals surface area contributed by atoms with Crippen molar-refractivity contribution in [3.05, 3.63) is 90.0 Å². The van der Waals surface area contributed by atoms with Gasteiger partial charge in [-0.1, -0.05) is 61.9 Å². The van der Waals surface area contributed by atoms with E-state index in [-0.39, 0.29) is 17.3 Å². The van der Waals surface area contributed by atoms with E-state index in [9.17, 15) is 18.0 Å². The Morgan fingerprint density at radius 1 is 0.923 bits per heavy atom. The molecule has 0 fully saturated rings. The lowest BCUT2D eigenvalue weighted by atomic mass is 10.1. The summed E-state index contributed by atoms with van der Waals surface area (Å²) >= 11 is 0. The topological polar surface area (TPSA) is 96.0 Å². The second-order valence-corrected chi connectivity index (χ2v) is 11.1. The number of benzene rings is 3. The van der Waals surface area contributed by atoms with Crippen LogP contribution in [0.25, 0.3) is 0 Å². The van der Waals surface area contributed by atoms with Crippen LogP contribution in [0.4, 0.5) is 5.69 Å². The van der Waals surface area contributed by atoms with E-state index in [1.165, 1.54) is 24.1 Å². The molecule has 0 bridgehead atoms. The number of hydrogen-bond donors (Lipinski definition) is 1. The van der Waals surface area contributed by atoms with Crippen molar-refractivity contribution in [2.45, 2.75) is 51.1 Å². The average molecular weight is 552 g/mol. The zero-order valence-corrected chi connectivity index (χ0v) is 23.8. The molecular formula is C30H37N3O5S. The maximum absolute atomic E-state index is 14.0. The number of rotatable bonds is 13. The van der Waals surface area contributed by atoms with E-state index in [1.54, 1.807) is 42.5 Å². The highest BCUT2D eigenvalue weighted by Crippen LogP contribution is 2.26. The molecule has 0 saturated carbocycles. The Labute approximate surface area is 231 Å². The number of amides is 2. The fourth-order valence-corrected chi connectivity index (χ4v) is 5.59. The summed E-state index contributed by atoms with van der Waals surface area (Å²) in [5.74, 6) is -0.219. The number of ether oxygens (including phenoxy) is 1. The van der Waals surface area contributed by atoms with Crippen LogP contribution in [0.15, 0.2) is 83.8 Å². The Balaban J connectivity index is 2.01. The summed E-state index contributed by atoms with van der Waals surface area (Å²) < 4.78 is 33.9. The molecule has 1 atom stereocenters. The third-order valence-electron chi connectivity index (χ3n) is 6.38. The number of hydrogen-bond acceptors (Lipinski definition) is 5. The first kappa shape index (κ1) is 29.7. The highest BCUT2D eigenvalue weighted by atomic mass is 32.2. The molecule has 0 aliphatic heterocycles. The largest absolute Gasteiger partial charge is 0.497 e. The number of aryl methyl sites for hydroxylation is 1. The van der Waals surface area contributed by atoms with Gasteiger partial charge in [-0.15, -0.1) is 0 Å². The van der Waals surface area contributed by atoms with Crippen LogP contribution in [0.2, 0.25) is 0 Å². The number of methoxy groups -OCH3 is 1. The fourth-order valence-electron chi connectivity index (χ4n) is 4.17. The second-order valence-electron chi connectivity index (χ2n) is 9.25. The van der Waals surface area contributed by atoms with Crippen LogP contribution in [0, 0.1) is 6.92 Å². The smallest absolute Gasteiger partial charge is 0.264 e. The Kier molecular flexibility index (Phi) is 10.5. The summed E-state index contributed by atoms with van der Waals surface area (Å²) in [4.78, 5) is 28.6. The third kappa shape index (κ3) is 7.60. The van der Waals surface area contributed by atoms with Crippen LogP contribution >= 0.6 is 0 Å². The zero-order valence-electron chi connectivity index (χ0n) is 23.0. The van der Waals surface area contributed by atoms with Crippen molar-refractivity contribution in [2.75, 3.05) is 24.5 Å². The van der Waals surface area contributed by atoms with Crippen LogP contribution in [-0.4, -0.2) is 51.4 Å². The van der Waals surface area contributed by atoms with Crippen molar-refractivity contribution in [1.29, 1.82) is 0 Å². The van der Waals surface area contributed by atoms with Crippen LogP contribution in [0.3, 0.4) is 0 Å². The molecule has 3 aromatic carbocycles. The number of nitrogens with zero attached hydrogens (tertiary/aromatic N) is 2. The van der Waals surface area contributed by atoms with Gasteiger partial charge in [0.05, 0.1) is 17.7 Å². The molecule has 9 heteroatoms. The van der Waals surface area contributed by atoms with Crippen molar-refractivity contribution in [2.24, 2.45) is 0 Å². The van der Waals surface area contributed by atoms with Crippen molar-refractivity contribution < 1.29 is 22.7 Å². The van der Waals surface area contributed by atoms with Gasteiger partial charge >= 0.3 is 0 Å². The van der Waals surface area contributed by atoms with Gasteiger partial charge in [-0.25, -0.2) is 8.42 Å². The molecule has 1 N–H and O–H groups in total. The molecule has 3 aromatic rings. The molecule has 8 nitrogen and oxygen atoms in total. The van der Waals surface area contributed by atoms with Gasteiger partial charge < -0.3 is 15.0 Å². The lowest BCUT2D eigenvalue weighted by Gasteiger charge is -2.33. The van der Waals surface area contributed by atoms with Crippen LogP contribution in [-0.2, 0) is 26.2 Å². The molecule has 0 spiro atoms. The predicted molar refractivity (Wildman–Crippen MR) is 153 cm³/mol. The van der Waals surface area contributed by atoms with Gasteiger partial charge in [-0.2, -0.15) is 0 Å². The third-order valence-corrected chi connectivity index (χ3v) is 8.17. The molecule has 0 aromatic heterocycles. The van der Waals surface area contributed by atoms with Crippen molar-refractivity contribution in [1.82, 2.24) is 10.2 Å². The molecule has 3 rings (SSSR count). The van der Waals surface area contributed by atoms with E-state index in [4.69, 9.17) is 4.74 Å². The lowest BCUT2D eigenvalue weighted by Crippen LogP contribution is -2.52. The number of carbonyl (C=O) groups excluding carboxylic acids is 2. The summed E-state index contributed by atoms with van der Waals surface area (Å²) in [7, 11) is -2.62. The molecule has 0 unspecified atom stereocenters. The molecule has 2 amide bonds. The van der Waals surface area contributed by atoms with Crippen LogP contribution < -0.4 is 14.4 Å². The Bertz CT molecular complexity index is 1330. The summed E-state index contributed by atoms with van der Waals surface area (Å²) in [5.41, 5.74) is 2.27. The summed E-state index contributed by atoms with van der Waals surface area (Å²) in [6, 6.07) is 21.5. The van der Waals surface area contributed by atoms with Gasteiger partial charge in [0.1, 0.15) is 18.3 Å². The first-order chi connectivity index (χ1) is 18.7. The number of para-hydroxylation sites is 1. The van der Waals surface area contributed by atoms with E-state index in [2.05, 4.69) is 5.32 Å². The van der Waals surface area contributed by atoms with Gasteiger partial charge in [-0.3, -0.25) is 13.9 Å². The van der Waals surface area contributed by atoms with Crippen molar-refractivity contribution in [3.63, 3.8) is 0 Å². The van der Waals surface area contributed by atoms with Crippen LogP contribution in [0.1, 0.15) is 37.8 Å². The van der Waals surface area contributed by atoms with Crippen molar-refractivity contribution in [3.8, 4) is 5.75 Å². The normalized spacial score (nSPS) is 11.9. The van der Waals surface area contributed by atoms with Gasteiger partial charge in [0.15, 0.2) is 0 Å². The number of carbonyl (C=O) groups is 2. The average Bonchev–Trinajstić information content (AvgIpc) is 2.95. The van der Waals surface area contributed by atoms with Gasteiger partial charge in [0, 0.05) is 13.1 Å². The fraction of sp³-hybridized carbons (Fsp3) is 0.333. The van der Waals surface area contributed by atoms with Gasteiger partial charge in [0.2, 0.25) is 11.8 Å². The second kappa shape index (κ2) is 13.8. The molecule has 208 valence electrons. The highest BCUT2D eigenvalue weighted by Gasteiger charge is 2.33. The standard InChI is InChI=1S/C30H37N3O5S/c1-5-20-31-30(35)28(6-2)32(21-24-14-12-23(3)13-15-24)29(34)22-33(25-10-8-7-9-11-25)39(36,37)27-18-16-26(38-4)17-19-27/h7-19,28H,5-6,20-22H2,1-4H3,(H,31,35)/t28-/m0/s1. The monoisotopic (exact) mass is 551 g/mol. The summed E-state index contributed by atoms with van der Waals surface area (Å²) in [5, 5.41) is 2.89. The van der Waals surface area contributed by atoms with Crippen molar-refractivity contribution >= 4 is 27.5 Å². The summed E-state index contributed by atoms with van der Waals surface area (Å²) in [6.07, 6.45) is 1.14. The van der Waals surface area contributed by atoms with Crippen LogP contribution in [0.5, 0.6) is 5.75 Å². The number of nitrogens with one attached hydrogen (secondary N) is 1.